The van der Waals surface area contributed by atoms with Crippen LogP contribution in [0.1, 0.15) is 12.5 Å². The van der Waals surface area contributed by atoms with Crippen molar-refractivity contribution in [1.82, 2.24) is 10.6 Å². The van der Waals surface area contributed by atoms with Crippen LogP contribution in [0.5, 0.6) is 11.5 Å². The van der Waals surface area contributed by atoms with E-state index >= 15 is 0 Å². The van der Waals surface area contributed by atoms with E-state index in [9.17, 15) is 14.4 Å². The van der Waals surface area contributed by atoms with Gasteiger partial charge in [0.15, 0.2) is 11.5 Å². The number of nitrogens with one attached hydrogen (secondary N) is 2. The van der Waals surface area contributed by atoms with Gasteiger partial charge in [-0.25, -0.2) is 4.79 Å². The summed E-state index contributed by atoms with van der Waals surface area (Å²) >= 11 is 2.08. The standard InChI is InChI=1S/C16H15IN2O5/c1-3-5-24-13-11(17)7-9(8-12(13)23-4-2)6-10-14(20)18-16(22)19-15(10)21/h3,6-8H,1,4-5H2,2H3,(H2,18,19,20,21,22). The number of imide groups is 2. The summed E-state index contributed by atoms with van der Waals surface area (Å²) in [6.07, 6.45) is 3.01. The lowest BCUT2D eigenvalue weighted by Gasteiger charge is -2.16. The lowest BCUT2D eigenvalue weighted by Crippen LogP contribution is -2.51. The number of ether oxygens (including phenoxy) is 2. The molecule has 0 saturated carbocycles. The number of halogens is 1. The molecule has 0 radical (unpaired) electrons. The molecule has 126 valence electrons. The van der Waals surface area contributed by atoms with Gasteiger partial charge in [-0.2, -0.15) is 0 Å². The minimum Gasteiger partial charge on any atom is -0.490 e. The molecule has 1 aromatic carbocycles. The molecule has 0 atom stereocenters. The molecule has 0 bridgehead atoms. The van der Waals surface area contributed by atoms with Crippen LogP contribution < -0.4 is 20.1 Å². The van der Waals surface area contributed by atoms with Gasteiger partial charge in [-0.1, -0.05) is 12.7 Å². The molecule has 1 aliphatic rings. The van der Waals surface area contributed by atoms with Crippen molar-refractivity contribution in [2.75, 3.05) is 13.2 Å². The van der Waals surface area contributed by atoms with E-state index < -0.39 is 17.8 Å². The first-order valence-electron chi connectivity index (χ1n) is 7.04. The van der Waals surface area contributed by atoms with Crippen molar-refractivity contribution in [2.24, 2.45) is 0 Å². The molecular weight excluding hydrogens is 427 g/mol. The predicted molar refractivity (Wildman–Crippen MR) is 95.7 cm³/mol. The molecule has 0 unspecified atom stereocenters. The Balaban J connectivity index is 2.42. The second-order valence-corrected chi connectivity index (χ2v) is 5.82. The summed E-state index contributed by atoms with van der Waals surface area (Å²) in [5, 5.41) is 4.05. The Morgan fingerprint density at radius 3 is 2.42 bits per heavy atom. The van der Waals surface area contributed by atoms with Crippen molar-refractivity contribution in [2.45, 2.75) is 6.92 Å². The van der Waals surface area contributed by atoms with Gasteiger partial charge in [-0.15, -0.1) is 0 Å². The number of rotatable bonds is 6. The maximum Gasteiger partial charge on any atom is 0.328 e. The molecule has 1 heterocycles. The Bertz CT molecular complexity index is 720. The molecule has 8 heteroatoms. The van der Waals surface area contributed by atoms with Crippen LogP contribution >= 0.6 is 22.6 Å². The van der Waals surface area contributed by atoms with Crippen molar-refractivity contribution < 1.29 is 23.9 Å². The van der Waals surface area contributed by atoms with Gasteiger partial charge in [0.25, 0.3) is 11.8 Å². The van der Waals surface area contributed by atoms with Crippen LogP contribution in [-0.2, 0) is 9.59 Å². The molecule has 2 rings (SSSR count). The Hall–Kier alpha value is -2.36. The van der Waals surface area contributed by atoms with Crippen molar-refractivity contribution in [3.8, 4) is 11.5 Å². The molecule has 4 amide bonds. The highest BCUT2D eigenvalue weighted by Gasteiger charge is 2.27. The van der Waals surface area contributed by atoms with Gasteiger partial charge in [0.2, 0.25) is 0 Å². The van der Waals surface area contributed by atoms with Gasteiger partial charge in [0.1, 0.15) is 12.2 Å². The number of benzene rings is 1. The highest BCUT2D eigenvalue weighted by Crippen LogP contribution is 2.35. The topological polar surface area (TPSA) is 93.7 Å². The monoisotopic (exact) mass is 442 g/mol. The van der Waals surface area contributed by atoms with Crippen molar-refractivity contribution in [1.29, 1.82) is 0 Å². The van der Waals surface area contributed by atoms with E-state index in [1.54, 1.807) is 18.2 Å². The average Bonchev–Trinajstić information content (AvgIpc) is 2.50. The first-order chi connectivity index (χ1) is 11.5. The minimum atomic E-state index is -0.833. The van der Waals surface area contributed by atoms with Crippen LogP contribution in [0, 0.1) is 3.57 Å². The number of barbiturate groups is 1. The smallest absolute Gasteiger partial charge is 0.328 e. The third kappa shape index (κ3) is 4.13. The number of urea groups is 1. The predicted octanol–water partition coefficient (Wildman–Crippen LogP) is 2.00. The summed E-state index contributed by atoms with van der Waals surface area (Å²) in [4.78, 5) is 34.7. The number of carbonyl (C=O) groups is 3. The van der Waals surface area contributed by atoms with Gasteiger partial charge < -0.3 is 9.47 Å². The third-order valence-electron chi connectivity index (χ3n) is 2.93. The summed E-state index contributed by atoms with van der Waals surface area (Å²) in [6, 6.07) is 2.57. The van der Waals surface area contributed by atoms with E-state index in [1.807, 2.05) is 17.6 Å². The fraction of sp³-hybridized carbons (Fsp3) is 0.188. The van der Waals surface area contributed by atoms with Crippen LogP contribution in [0.3, 0.4) is 0 Å². The largest absolute Gasteiger partial charge is 0.490 e. The normalized spacial score (nSPS) is 13.9. The Morgan fingerprint density at radius 1 is 1.17 bits per heavy atom. The molecule has 1 aromatic rings. The first-order valence-corrected chi connectivity index (χ1v) is 8.12. The summed E-state index contributed by atoms with van der Waals surface area (Å²) < 4.78 is 11.9. The summed E-state index contributed by atoms with van der Waals surface area (Å²) in [5.74, 6) is -0.439. The van der Waals surface area contributed by atoms with Crippen LogP contribution in [0.15, 0.2) is 30.4 Å². The van der Waals surface area contributed by atoms with Gasteiger partial charge in [0.05, 0.1) is 10.2 Å². The fourth-order valence-corrected chi connectivity index (χ4v) is 2.77. The Morgan fingerprint density at radius 2 is 1.83 bits per heavy atom. The molecule has 2 N–H and O–H groups in total. The number of carbonyl (C=O) groups excluding carboxylic acids is 3. The second-order valence-electron chi connectivity index (χ2n) is 4.66. The van der Waals surface area contributed by atoms with E-state index in [1.165, 1.54) is 6.08 Å². The van der Waals surface area contributed by atoms with Crippen molar-refractivity contribution in [3.05, 3.63) is 39.5 Å². The van der Waals surface area contributed by atoms with Gasteiger partial charge in [0, 0.05) is 0 Å². The maximum atomic E-state index is 11.8. The quantitative estimate of drug-likeness (QED) is 0.304. The second kappa shape index (κ2) is 7.95. The maximum absolute atomic E-state index is 11.8. The Kier molecular flexibility index (Phi) is 5.96. The van der Waals surface area contributed by atoms with Crippen LogP contribution in [0.2, 0.25) is 0 Å². The van der Waals surface area contributed by atoms with Gasteiger partial charge in [-0.3, -0.25) is 20.2 Å². The number of hydrogen-bond donors (Lipinski definition) is 2. The highest BCUT2D eigenvalue weighted by atomic mass is 127. The number of hydrogen-bond acceptors (Lipinski definition) is 5. The number of amides is 4. The zero-order valence-electron chi connectivity index (χ0n) is 12.8. The van der Waals surface area contributed by atoms with E-state index in [0.29, 0.717) is 30.3 Å². The van der Waals surface area contributed by atoms with Crippen LogP contribution in [0.4, 0.5) is 4.79 Å². The molecule has 0 aromatic heterocycles. The van der Waals surface area contributed by atoms with E-state index in [4.69, 9.17) is 9.47 Å². The molecule has 1 aliphatic heterocycles. The summed E-state index contributed by atoms with van der Waals surface area (Å²) in [7, 11) is 0. The summed E-state index contributed by atoms with van der Waals surface area (Å²) in [5.41, 5.74) is 0.413. The van der Waals surface area contributed by atoms with E-state index in [0.717, 1.165) is 3.57 Å². The molecule has 1 fully saturated rings. The molecule has 24 heavy (non-hydrogen) atoms. The SMILES string of the molecule is C=CCOc1c(I)cc(C=C2C(=O)NC(=O)NC2=O)cc1OCC. The van der Waals surface area contributed by atoms with Gasteiger partial charge >= 0.3 is 6.03 Å². The third-order valence-corrected chi connectivity index (χ3v) is 3.73. The first kappa shape index (κ1) is 18.0. The highest BCUT2D eigenvalue weighted by molar-refractivity contribution is 14.1. The van der Waals surface area contributed by atoms with E-state index in [2.05, 4.69) is 29.2 Å². The molecule has 1 saturated heterocycles. The zero-order chi connectivity index (χ0) is 17.7. The minimum absolute atomic E-state index is 0.160. The van der Waals surface area contributed by atoms with Crippen molar-refractivity contribution in [3.63, 3.8) is 0 Å². The lowest BCUT2D eigenvalue weighted by molar-refractivity contribution is -0.123. The molecule has 0 spiro atoms. The molecule has 7 nitrogen and oxygen atoms in total. The fourth-order valence-electron chi connectivity index (χ4n) is 1.99. The molecule has 0 aliphatic carbocycles. The van der Waals surface area contributed by atoms with Crippen molar-refractivity contribution >= 4 is 46.5 Å². The average molecular weight is 442 g/mol. The molecular formula is C16H15IN2O5. The lowest BCUT2D eigenvalue weighted by atomic mass is 10.1. The Labute approximate surface area is 152 Å². The van der Waals surface area contributed by atoms with E-state index in [-0.39, 0.29) is 5.57 Å². The zero-order valence-corrected chi connectivity index (χ0v) is 15.0. The van der Waals surface area contributed by atoms with Gasteiger partial charge in [-0.05, 0) is 53.3 Å². The van der Waals surface area contributed by atoms with Crippen LogP contribution in [0.25, 0.3) is 6.08 Å². The summed E-state index contributed by atoms with van der Waals surface area (Å²) in [6.45, 7) is 6.19. The van der Waals surface area contributed by atoms with Crippen LogP contribution in [-0.4, -0.2) is 31.1 Å².